The maximum Gasteiger partial charge on any atom is 0.336 e. The first kappa shape index (κ1) is 18.1. The van der Waals surface area contributed by atoms with Crippen LogP contribution in [0.5, 0.6) is 6.01 Å². The maximum atomic E-state index is 12.4. The SMILES string of the molecule is CCOCCOc1nc(-c2ccc(CC)cc2)n(C(=O)C(C)C)n1. The number of hydrogen-bond donors (Lipinski definition) is 0. The molecule has 24 heavy (non-hydrogen) atoms. The van der Waals surface area contributed by atoms with Gasteiger partial charge in [-0.2, -0.15) is 9.67 Å². The van der Waals surface area contributed by atoms with E-state index in [4.69, 9.17) is 9.47 Å². The summed E-state index contributed by atoms with van der Waals surface area (Å²) in [6.45, 7) is 9.14. The minimum atomic E-state index is -0.184. The minimum Gasteiger partial charge on any atom is -0.460 e. The fraction of sp³-hybridized carbons (Fsp3) is 0.500. The molecule has 6 heteroatoms. The molecule has 1 aromatic carbocycles. The largest absolute Gasteiger partial charge is 0.460 e. The van der Waals surface area contributed by atoms with Gasteiger partial charge in [-0.3, -0.25) is 4.79 Å². The molecule has 0 saturated carbocycles. The van der Waals surface area contributed by atoms with Gasteiger partial charge in [-0.15, -0.1) is 5.10 Å². The normalized spacial score (nSPS) is 11.0. The number of aryl methyl sites for hydroxylation is 1. The van der Waals surface area contributed by atoms with Crippen LogP contribution in [0.25, 0.3) is 11.4 Å². The third-order valence-electron chi connectivity index (χ3n) is 3.57. The zero-order chi connectivity index (χ0) is 17.5. The molecule has 0 aliphatic carbocycles. The quantitative estimate of drug-likeness (QED) is 0.695. The molecule has 0 fully saturated rings. The van der Waals surface area contributed by atoms with E-state index >= 15 is 0 Å². The summed E-state index contributed by atoms with van der Waals surface area (Å²) < 4.78 is 12.1. The lowest BCUT2D eigenvalue weighted by molar-refractivity contribution is 0.0834. The Morgan fingerprint density at radius 3 is 2.46 bits per heavy atom. The Labute approximate surface area is 142 Å². The van der Waals surface area contributed by atoms with Crippen LogP contribution in [0.1, 0.15) is 38.1 Å². The van der Waals surface area contributed by atoms with Crippen molar-refractivity contribution in [2.24, 2.45) is 5.92 Å². The topological polar surface area (TPSA) is 66.2 Å². The van der Waals surface area contributed by atoms with Crippen molar-refractivity contribution in [2.45, 2.75) is 34.1 Å². The van der Waals surface area contributed by atoms with E-state index in [9.17, 15) is 4.79 Å². The summed E-state index contributed by atoms with van der Waals surface area (Å²) in [5.74, 6) is 0.205. The van der Waals surface area contributed by atoms with E-state index in [2.05, 4.69) is 17.0 Å². The van der Waals surface area contributed by atoms with Crippen molar-refractivity contribution >= 4 is 5.91 Å². The number of rotatable bonds is 8. The van der Waals surface area contributed by atoms with Gasteiger partial charge in [0.05, 0.1) is 6.61 Å². The molecule has 6 nitrogen and oxygen atoms in total. The van der Waals surface area contributed by atoms with Crippen molar-refractivity contribution in [2.75, 3.05) is 19.8 Å². The van der Waals surface area contributed by atoms with E-state index in [1.165, 1.54) is 10.2 Å². The van der Waals surface area contributed by atoms with E-state index in [0.717, 1.165) is 12.0 Å². The highest BCUT2D eigenvalue weighted by Crippen LogP contribution is 2.22. The van der Waals surface area contributed by atoms with Crippen LogP contribution in [0.15, 0.2) is 24.3 Å². The van der Waals surface area contributed by atoms with Crippen LogP contribution >= 0.6 is 0 Å². The smallest absolute Gasteiger partial charge is 0.336 e. The molecule has 0 bridgehead atoms. The van der Waals surface area contributed by atoms with Crippen LogP contribution in [0, 0.1) is 5.92 Å². The summed E-state index contributed by atoms with van der Waals surface area (Å²) in [5.41, 5.74) is 2.07. The average molecular weight is 331 g/mol. The average Bonchev–Trinajstić information content (AvgIpc) is 3.02. The van der Waals surface area contributed by atoms with E-state index < -0.39 is 0 Å². The highest BCUT2D eigenvalue weighted by Gasteiger charge is 2.20. The third-order valence-corrected chi connectivity index (χ3v) is 3.57. The van der Waals surface area contributed by atoms with Crippen molar-refractivity contribution < 1.29 is 14.3 Å². The molecule has 0 unspecified atom stereocenters. The first-order valence-corrected chi connectivity index (χ1v) is 8.37. The minimum absolute atomic E-state index is 0.114. The number of carbonyl (C=O) groups excluding carboxylic acids is 1. The Balaban J connectivity index is 2.28. The molecule has 1 heterocycles. The number of aromatic nitrogens is 3. The second kappa shape index (κ2) is 8.59. The Hall–Kier alpha value is -2.21. The lowest BCUT2D eigenvalue weighted by Gasteiger charge is -2.07. The molecular weight excluding hydrogens is 306 g/mol. The predicted molar refractivity (Wildman–Crippen MR) is 92.3 cm³/mol. The summed E-state index contributed by atoms with van der Waals surface area (Å²) in [7, 11) is 0. The number of hydrogen-bond acceptors (Lipinski definition) is 5. The van der Waals surface area contributed by atoms with Gasteiger partial charge in [-0.25, -0.2) is 0 Å². The standard InChI is InChI=1S/C18H25N3O3/c1-5-14-7-9-15(10-8-14)16-19-18(24-12-11-23-6-2)20-21(16)17(22)13(3)4/h7-10,13H,5-6,11-12H2,1-4H3. The number of ether oxygens (including phenoxy) is 2. The van der Waals surface area contributed by atoms with Gasteiger partial charge in [-0.05, 0) is 18.9 Å². The molecule has 0 atom stereocenters. The van der Waals surface area contributed by atoms with E-state index in [0.29, 0.717) is 25.6 Å². The van der Waals surface area contributed by atoms with Gasteiger partial charge in [-0.1, -0.05) is 45.0 Å². The van der Waals surface area contributed by atoms with Crippen LogP contribution in [-0.2, 0) is 11.2 Å². The van der Waals surface area contributed by atoms with Gasteiger partial charge in [0.15, 0.2) is 5.82 Å². The summed E-state index contributed by atoms with van der Waals surface area (Å²) in [4.78, 5) is 16.8. The van der Waals surface area contributed by atoms with Crippen LogP contribution in [-0.4, -0.2) is 40.5 Å². The van der Waals surface area contributed by atoms with Gasteiger partial charge < -0.3 is 9.47 Å². The highest BCUT2D eigenvalue weighted by atomic mass is 16.5. The molecule has 0 spiro atoms. The van der Waals surface area contributed by atoms with Gasteiger partial charge in [0, 0.05) is 18.1 Å². The van der Waals surface area contributed by atoms with Crippen LogP contribution in [0.4, 0.5) is 0 Å². The monoisotopic (exact) mass is 331 g/mol. The van der Waals surface area contributed by atoms with Crippen molar-refractivity contribution in [1.82, 2.24) is 14.8 Å². The molecule has 130 valence electrons. The van der Waals surface area contributed by atoms with Gasteiger partial charge in [0.1, 0.15) is 6.61 Å². The Bertz CT molecular complexity index is 663. The molecular formula is C18H25N3O3. The molecule has 2 rings (SSSR count). The summed E-state index contributed by atoms with van der Waals surface area (Å²) >= 11 is 0. The van der Waals surface area contributed by atoms with Crippen LogP contribution < -0.4 is 4.74 Å². The molecule has 2 aromatic rings. The highest BCUT2D eigenvalue weighted by molar-refractivity contribution is 5.83. The summed E-state index contributed by atoms with van der Waals surface area (Å²) in [6, 6.07) is 8.17. The van der Waals surface area contributed by atoms with Crippen LogP contribution in [0.3, 0.4) is 0 Å². The maximum absolute atomic E-state index is 12.4. The van der Waals surface area contributed by atoms with Crippen molar-refractivity contribution in [1.29, 1.82) is 0 Å². The van der Waals surface area contributed by atoms with E-state index in [1.54, 1.807) is 0 Å². The summed E-state index contributed by atoms with van der Waals surface area (Å²) in [5, 5.41) is 4.23. The predicted octanol–water partition coefficient (Wildman–Crippen LogP) is 3.22. The number of benzene rings is 1. The molecule has 1 aromatic heterocycles. The zero-order valence-corrected chi connectivity index (χ0v) is 14.8. The fourth-order valence-corrected chi connectivity index (χ4v) is 2.17. The van der Waals surface area contributed by atoms with Crippen molar-refractivity contribution in [3.63, 3.8) is 0 Å². The second-order valence-electron chi connectivity index (χ2n) is 5.72. The van der Waals surface area contributed by atoms with Crippen LogP contribution in [0.2, 0.25) is 0 Å². The number of carbonyl (C=O) groups is 1. The Morgan fingerprint density at radius 2 is 1.88 bits per heavy atom. The van der Waals surface area contributed by atoms with Crippen molar-refractivity contribution in [3.8, 4) is 17.4 Å². The van der Waals surface area contributed by atoms with E-state index in [-0.39, 0.29) is 17.8 Å². The first-order valence-electron chi connectivity index (χ1n) is 8.37. The molecule has 0 aliphatic heterocycles. The number of nitrogens with zero attached hydrogens (tertiary/aromatic N) is 3. The Kier molecular flexibility index (Phi) is 6.49. The molecule has 0 aliphatic rings. The fourth-order valence-electron chi connectivity index (χ4n) is 2.17. The second-order valence-corrected chi connectivity index (χ2v) is 5.72. The lowest BCUT2D eigenvalue weighted by atomic mass is 10.1. The van der Waals surface area contributed by atoms with E-state index in [1.807, 2.05) is 45.0 Å². The Morgan fingerprint density at radius 1 is 1.17 bits per heavy atom. The zero-order valence-electron chi connectivity index (χ0n) is 14.8. The van der Waals surface area contributed by atoms with Gasteiger partial charge in [0.2, 0.25) is 0 Å². The molecule has 0 N–H and O–H groups in total. The lowest BCUT2D eigenvalue weighted by Crippen LogP contribution is -2.19. The molecule has 0 radical (unpaired) electrons. The summed E-state index contributed by atoms with van der Waals surface area (Å²) in [6.07, 6.45) is 0.962. The first-order chi connectivity index (χ1) is 11.6. The van der Waals surface area contributed by atoms with Gasteiger partial charge >= 0.3 is 6.01 Å². The third kappa shape index (κ3) is 4.41. The van der Waals surface area contributed by atoms with Crippen molar-refractivity contribution in [3.05, 3.63) is 29.8 Å². The molecule has 0 amide bonds. The van der Waals surface area contributed by atoms with Gasteiger partial charge in [0.25, 0.3) is 5.91 Å². The molecule has 0 saturated heterocycles.